The van der Waals surface area contributed by atoms with Crippen LogP contribution < -0.4 is 0 Å². The van der Waals surface area contributed by atoms with Gasteiger partial charge in [0.15, 0.2) is 0 Å². The molecule has 94 valence electrons. The second kappa shape index (κ2) is 5.65. The first kappa shape index (κ1) is 12.6. The largest absolute Gasteiger partial charge is 0.344 e. The maximum Gasteiger partial charge on any atom is 0.226 e. The molecule has 17 heavy (non-hydrogen) atoms. The SMILES string of the molecule is CN(CC1CCCN1C)C(=O)Cc1ccsc1. The Balaban J connectivity index is 1.83. The van der Waals surface area contributed by atoms with Crippen LogP contribution in [0.1, 0.15) is 18.4 Å². The second-order valence-electron chi connectivity index (χ2n) is 4.86. The lowest BCUT2D eigenvalue weighted by atomic mass is 10.2. The van der Waals surface area contributed by atoms with Crippen LogP contribution in [0.25, 0.3) is 0 Å². The molecule has 2 rings (SSSR count). The van der Waals surface area contributed by atoms with Gasteiger partial charge in [0.05, 0.1) is 6.42 Å². The standard InChI is InChI=1S/C13H20N2OS/c1-14-6-3-4-12(14)9-15(2)13(16)8-11-5-7-17-10-11/h5,7,10,12H,3-4,6,8-9H2,1-2H3. The van der Waals surface area contributed by atoms with Gasteiger partial charge in [0, 0.05) is 19.6 Å². The van der Waals surface area contributed by atoms with Crippen LogP contribution in [0, 0.1) is 0 Å². The molecule has 0 aliphatic carbocycles. The van der Waals surface area contributed by atoms with Crippen molar-refractivity contribution in [3.8, 4) is 0 Å². The Kier molecular flexibility index (Phi) is 4.18. The first-order valence-corrected chi connectivity index (χ1v) is 7.06. The van der Waals surface area contributed by atoms with E-state index in [1.165, 1.54) is 12.8 Å². The molecule has 1 aliphatic heterocycles. The van der Waals surface area contributed by atoms with E-state index in [1.54, 1.807) is 11.3 Å². The summed E-state index contributed by atoms with van der Waals surface area (Å²) in [6.07, 6.45) is 3.01. The predicted octanol–water partition coefficient (Wildman–Crippen LogP) is 1.84. The number of carbonyl (C=O) groups excluding carboxylic acids is 1. The van der Waals surface area contributed by atoms with Crippen LogP contribution in [0.2, 0.25) is 0 Å². The number of nitrogens with zero attached hydrogens (tertiary/aromatic N) is 2. The second-order valence-corrected chi connectivity index (χ2v) is 5.64. The molecule has 0 radical (unpaired) electrons. The number of likely N-dealkylation sites (N-methyl/N-ethyl adjacent to an activating group) is 2. The summed E-state index contributed by atoms with van der Waals surface area (Å²) < 4.78 is 0. The lowest BCUT2D eigenvalue weighted by molar-refractivity contribution is -0.129. The van der Waals surface area contributed by atoms with Gasteiger partial charge in [0.25, 0.3) is 0 Å². The molecule has 1 aliphatic rings. The number of thiophene rings is 1. The third-order valence-corrected chi connectivity index (χ3v) is 4.25. The van der Waals surface area contributed by atoms with Gasteiger partial charge in [-0.1, -0.05) is 0 Å². The molecule has 1 fully saturated rings. The maximum atomic E-state index is 12.0. The molecule has 1 saturated heterocycles. The number of carbonyl (C=O) groups is 1. The monoisotopic (exact) mass is 252 g/mol. The Morgan fingerprint density at radius 3 is 3.06 bits per heavy atom. The summed E-state index contributed by atoms with van der Waals surface area (Å²) in [5.41, 5.74) is 1.13. The molecule has 3 nitrogen and oxygen atoms in total. The Hall–Kier alpha value is -0.870. The third kappa shape index (κ3) is 3.30. The quantitative estimate of drug-likeness (QED) is 0.816. The van der Waals surface area contributed by atoms with E-state index in [2.05, 4.69) is 11.9 Å². The van der Waals surface area contributed by atoms with E-state index < -0.39 is 0 Å². The first-order chi connectivity index (χ1) is 8.16. The Morgan fingerprint density at radius 1 is 1.65 bits per heavy atom. The highest BCUT2D eigenvalue weighted by molar-refractivity contribution is 7.07. The molecule has 0 saturated carbocycles. The molecular weight excluding hydrogens is 232 g/mol. The molecule has 0 aromatic carbocycles. The van der Waals surface area contributed by atoms with E-state index in [0.29, 0.717) is 12.5 Å². The molecule has 0 spiro atoms. The average Bonchev–Trinajstić information content (AvgIpc) is 2.91. The lowest BCUT2D eigenvalue weighted by Gasteiger charge is -2.25. The van der Waals surface area contributed by atoms with Crippen LogP contribution in [0.4, 0.5) is 0 Å². The zero-order valence-corrected chi connectivity index (χ0v) is 11.4. The highest BCUT2D eigenvalue weighted by Crippen LogP contribution is 2.16. The molecular formula is C13H20N2OS. The highest BCUT2D eigenvalue weighted by atomic mass is 32.1. The summed E-state index contributed by atoms with van der Waals surface area (Å²) in [5.74, 6) is 0.226. The third-order valence-electron chi connectivity index (χ3n) is 3.52. The van der Waals surface area contributed by atoms with E-state index in [9.17, 15) is 4.79 Å². The Labute approximate surface area is 107 Å². The van der Waals surface area contributed by atoms with E-state index in [-0.39, 0.29) is 5.91 Å². The van der Waals surface area contributed by atoms with E-state index in [0.717, 1.165) is 18.7 Å². The summed E-state index contributed by atoms with van der Waals surface area (Å²) in [5, 5.41) is 4.07. The van der Waals surface area contributed by atoms with Gasteiger partial charge in [-0.2, -0.15) is 11.3 Å². The average molecular weight is 252 g/mol. The van der Waals surface area contributed by atoms with Gasteiger partial charge in [0.1, 0.15) is 0 Å². The highest BCUT2D eigenvalue weighted by Gasteiger charge is 2.23. The zero-order valence-electron chi connectivity index (χ0n) is 10.6. The molecule has 1 aromatic heterocycles. The van der Waals surface area contributed by atoms with Crippen LogP contribution >= 0.6 is 11.3 Å². The minimum absolute atomic E-state index is 0.226. The summed E-state index contributed by atoms with van der Waals surface area (Å²) in [7, 11) is 4.07. The van der Waals surface area contributed by atoms with Gasteiger partial charge in [-0.15, -0.1) is 0 Å². The molecule has 0 bridgehead atoms. The fourth-order valence-electron chi connectivity index (χ4n) is 2.33. The molecule has 1 atom stereocenters. The summed E-state index contributed by atoms with van der Waals surface area (Å²) in [6, 6.07) is 2.57. The topological polar surface area (TPSA) is 23.6 Å². The van der Waals surface area contributed by atoms with E-state index in [1.807, 2.05) is 28.8 Å². The van der Waals surface area contributed by atoms with Crippen molar-refractivity contribution in [1.82, 2.24) is 9.80 Å². The van der Waals surface area contributed by atoms with Crippen LogP contribution in [0.3, 0.4) is 0 Å². The van der Waals surface area contributed by atoms with Crippen LogP contribution in [0.15, 0.2) is 16.8 Å². The molecule has 2 heterocycles. The number of amides is 1. The van der Waals surface area contributed by atoms with Crippen molar-refractivity contribution in [3.63, 3.8) is 0 Å². The van der Waals surface area contributed by atoms with Crippen molar-refractivity contribution < 1.29 is 4.79 Å². The van der Waals surface area contributed by atoms with E-state index in [4.69, 9.17) is 0 Å². The summed E-state index contributed by atoms with van der Waals surface area (Å²) >= 11 is 1.65. The predicted molar refractivity (Wildman–Crippen MR) is 71.3 cm³/mol. The smallest absolute Gasteiger partial charge is 0.226 e. The van der Waals surface area contributed by atoms with Gasteiger partial charge in [-0.25, -0.2) is 0 Å². The summed E-state index contributed by atoms with van der Waals surface area (Å²) in [6.45, 7) is 2.02. The normalized spacial score (nSPS) is 20.7. The van der Waals surface area contributed by atoms with Crippen molar-refractivity contribution in [2.24, 2.45) is 0 Å². The van der Waals surface area contributed by atoms with Crippen molar-refractivity contribution in [3.05, 3.63) is 22.4 Å². The van der Waals surface area contributed by atoms with E-state index >= 15 is 0 Å². The molecule has 1 unspecified atom stereocenters. The Morgan fingerprint density at radius 2 is 2.47 bits per heavy atom. The van der Waals surface area contributed by atoms with Crippen LogP contribution in [-0.2, 0) is 11.2 Å². The number of hydrogen-bond donors (Lipinski definition) is 0. The van der Waals surface area contributed by atoms with Gasteiger partial charge < -0.3 is 9.80 Å². The van der Waals surface area contributed by atoms with Gasteiger partial charge >= 0.3 is 0 Å². The fraction of sp³-hybridized carbons (Fsp3) is 0.615. The van der Waals surface area contributed by atoms with Crippen molar-refractivity contribution in [2.45, 2.75) is 25.3 Å². The van der Waals surface area contributed by atoms with Crippen molar-refractivity contribution >= 4 is 17.2 Å². The number of likely N-dealkylation sites (tertiary alicyclic amines) is 1. The fourth-order valence-corrected chi connectivity index (χ4v) is 3.00. The van der Waals surface area contributed by atoms with Gasteiger partial charge in [-0.3, -0.25) is 4.79 Å². The number of rotatable bonds is 4. The Bertz CT molecular complexity index is 364. The lowest BCUT2D eigenvalue weighted by Crippen LogP contribution is -2.40. The summed E-state index contributed by atoms with van der Waals surface area (Å²) in [4.78, 5) is 16.3. The molecule has 1 aromatic rings. The minimum atomic E-state index is 0.226. The molecule has 4 heteroatoms. The van der Waals surface area contributed by atoms with Crippen LogP contribution in [0.5, 0.6) is 0 Å². The minimum Gasteiger partial charge on any atom is -0.344 e. The first-order valence-electron chi connectivity index (χ1n) is 6.12. The molecule has 1 amide bonds. The maximum absolute atomic E-state index is 12.0. The van der Waals surface area contributed by atoms with Crippen molar-refractivity contribution in [2.75, 3.05) is 27.2 Å². The van der Waals surface area contributed by atoms with Crippen LogP contribution in [-0.4, -0.2) is 48.9 Å². The van der Waals surface area contributed by atoms with Gasteiger partial charge in [-0.05, 0) is 48.8 Å². The zero-order chi connectivity index (χ0) is 12.3. The van der Waals surface area contributed by atoms with Crippen molar-refractivity contribution in [1.29, 1.82) is 0 Å². The number of hydrogen-bond acceptors (Lipinski definition) is 3. The van der Waals surface area contributed by atoms with Gasteiger partial charge in [0.2, 0.25) is 5.91 Å². The molecule has 0 N–H and O–H groups in total.